The third-order valence-corrected chi connectivity index (χ3v) is 6.38. The van der Waals surface area contributed by atoms with E-state index in [-0.39, 0.29) is 17.6 Å². The molecule has 6 nitrogen and oxygen atoms in total. The number of piperidine rings is 1. The molecular weight excluding hydrogens is 393 g/mol. The van der Waals surface area contributed by atoms with Gasteiger partial charge in [0.15, 0.2) is 0 Å². The number of nitrogens with one attached hydrogen (secondary N) is 1. The number of hydrogen-bond acceptors (Lipinski definition) is 4. The highest BCUT2D eigenvalue weighted by atomic mass is 32.2. The highest BCUT2D eigenvalue weighted by Crippen LogP contribution is 2.23. The van der Waals surface area contributed by atoms with Crippen molar-refractivity contribution in [1.82, 2.24) is 4.90 Å². The third kappa shape index (κ3) is 5.77. The average molecular weight is 420 g/mol. The lowest BCUT2D eigenvalue weighted by Gasteiger charge is -2.32. The van der Waals surface area contributed by atoms with Gasteiger partial charge < -0.3 is 5.32 Å². The van der Waals surface area contributed by atoms with Crippen LogP contribution >= 0.6 is 0 Å². The summed E-state index contributed by atoms with van der Waals surface area (Å²) in [5.74, 6) is -0.484. The summed E-state index contributed by atoms with van der Waals surface area (Å²) >= 11 is 0. The Morgan fingerprint density at radius 3 is 2.66 bits per heavy atom. The van der Waals surface area contributed by atoms with Gasteiger partial charge in [-0.15, -0.1) is 0 Å². The summed E-state index contributed by atoms with van der Waals surface area (Å²) in [6.07, 6.45) is 2.85. The smallest absolute Gasteiger partial charge is 0.231 e. The van der Waals surface area contributed by atoms with Crippen LogP contribution in [0.4, 0.5) is 15.8 Å². The zero-order valence-electron chi connectivity index (χ0n) is 16.6. The number of anilines is 2. The summed E-state index contributed by atoms with van der Waals surface area (Å²) in [6, 6.07) is 13.2. The average Bonchev–Trinajstić information content (AvgIpc) is 2.69. The van der Waals surface area contributed by atoms with Gasteiger partial charge in [0.05, 0.1) is 17.9 Å². The number of hydrogen-bond donors (Lipinski definition) is 1. The summed E-state index contributed by atoms with van der Waals surface area (Å²) in [4.78, 5) is 15.0. The van der Waals surface area contributed by atoms with Crippen LogP contribution in [0.3, 0.4) is 0 Å². The van der Waals surface area contributed by atoms with Crippen LogP contribution in [-0.4, -0.2) is 45.6 Å². The zero-order chi connectivity index (χ0) is 21.0. The number of carbonyl (C=O) groups excluding carboxylic acids is 1. The lowest BCUT2D eigenvalue weighted by atomic mass is 9.96. The minimum absolute atomic E-state index is 0.0760. The Morgan fingerprint density at radius 1 is 1.24 bits per heavy atom. The Balaban J connectivity index is 1.62. The predicted octanol–water partition coefficient (Wildman–Crippen LogP) is 3.07. The van der Waals surface area contributed by atoms with E-state index >= 15 is 0 Å². The first-order valence-corrected chi connectivity index (χ1v) is 11.4. The number of likely N-dealkylation sites (tertiary alicyclic amines) is 1. The number of sulfonamides is 1. The predicted molar refractivity (Wildman–Crippen MR) is 113 cm³/mol. The number of carbonyl (C=O) groups is 1. The first kappa shape index (κ1) is 21.3. The molecule has 1 saturated heterocycles. The van der Waals surface area contributed by atoms with Crippen LogP contribution in [0.2, 0.25) is 0 Å². The minimum atomic E-state index is -3.37. The Bertz CT molecular complexity index is 963. The molecule has 0 spiro atoms. The number of halogens is 1. The van der Waals surface area contributed by atoms with E-state index < -0.39 is 10.0 Å². The highest BCUT2D eigenvalue weighted by molar-refractivity contribution is 7.92. The van der Waals surface area contributed by atoms with Crippen molar-refractivity contribution in [3.8, 4) is 0 Å². The van der Waals surface area contributed by atoms with E-state index in [0.29, 0.717) is 24.5 Å². The molecule has 8 heteroatoms. The molecule has 1 aliphatic rings. The lowest BCUT2D eigenvalue weighted by molar-refractivity contribution is -0.121. The second kappa shape index (κ2) is 8.92. The molecule has 1 unspecified atom stereocenters. The Kier molecular flexibility index (Phi) is 6.54. The summed E-state index contributed by atoms with van der Waals surface area (Å²) in [5, 5.41) is 2.91. The van der Waals surface area contributed by atoms with Gasteiger partial charge in [-0.05, 0) is 55.3 Å². The maximum Gasteiger partial charge on any atom is 0.231 e. The quantitative estimate of drug-likeness (QED) is 0.781. The molecule has 0 aromatic heterocycles. The number of benzene rings is 2. The van der Waals surface area contributed by atoms with Gasteiger partial charge in [-0.2, -0.15) is 0 Å². The summed E-state index contributed by atoms with van der Waals surface area (Å²) < 4.78 is 37.7. The van der Waals surface area contributed by atoms with Crippen LogP contribution in [0.5, 0.6) is 0 Å². The summed E-state index contributed by atoms with van der Waals surface area (Å²) in [6.45, 7) is 2.21. The van der Waals surface area contributed by atoms with Crippen molar-refractivity contribution in [1.29, 1.82) is 0 Å². The molecule has 1 N–H and O–H groups in total. The fourth-order valence-electron chi connectivity index (χ4n) is 3.48. The molecule has 1 fully saturated rings. The molecule has 0 aliphatic carbocycles. The molecule has 0 bridgehead atoms. The van der Waals surface area contributed by atoms with Gasteiger partial charge in [-0.3, -0.25) is 14.0 Å². The third-order valence-electron chi connectivity index (χ3n) is 5.17. The van der Waals surface area contributed by atoms with Gasteiger partial charge >= 0.3 is 0 Å². The molecule has 29 heavy (non-hydrogen) atoms. The molecule has 0 radical (unpaired) electrons. The molecule has 1 atom stereocenters. The molecule has 1 amide bonds. The van der Waals surface area contributed by atoms with Gasteiger partial charge in [0, 0.05) is 25.8 Å². The maximum atomic E-state index is 13.1. The van der Waals surface area contributed by atoms with E-state index in [1.54, 1.807) is 36.4 Å². The van der Waals surface area contributed by atoms with Gasteiger partial charge in [-0.1, -0.05) is 18.2 Å². The van der Waals surface area contributed by atoms with Crippen LogP contribution < -0.4 is 9.62 Å². The van der Waals surface area contributed by atoms with Crippen molar-refractivity contribution < 1.29 is 17.6 Å². The van der Waals surface area contributed by atoms with Crippen molar-refractivity contribution >= 4 is 27.3 Å². The van der Waals surface area contributed by atoms with Gasteiger partial charge in [-0.25, -0.2) is 12.8 Å². The Morgan fingerprint density at radius 2 is 1.97 bits per heavy atom. The summed E-state index contributed by atoms with van der Waals surface area (Å²) in [7, 11) is -1.89. The van der Waals surface area contributed by atoms with Crippen molar-refractivity contribution in [2.45, 2.75) is 19.4 Å². The Hall–Kier alpha value is -2.45. The molecular formula is C21H26FN3O3S. The standard InChI is InChI=1S/C21H26FN3O3S/c1-24(29(2,27)28)20-7-3-6-19(13-20)23-21(26)17-5-4-12-25(15-17)14-16-8-10-18(22)11-9-16/h3,6-11,13,17H,4-5,12,14-15H2,1-2H3,(H,23,26). The maximum absolute atomic E-state index is 13.1. The molecule has 3 rings (SSSR count). The van der Waals surface area contributed by atoms with E-state index in [2.05, 4.69) is 10.2 Å². The SMILES string of the molecule is CN(c1cccc(NC(=O)C2CCCN(Cc3ccc(F)cc3)C2)c1)S(C)(=O)=O. The van der Waals surface area contributed by atoms with Crippen LogP contribution in [0.1, 0.15) is 18.4 Å². The topological polar surface area (TPSA) is 69.7 Å². The highest BCUT2D eigenvalue weighted by Gasteiger charge is 2.26. The molecule has 156 valence electrons. The normalized spacial score (nSPS) is 17.7. The Labute approximate surface area is 171 Å². The number of nitrogens with zero attached hydrogens (tertiary/aromatic N) is 2. The van der Waals surface area contributed by atoms with Crippen LogP contribution in [-0.2, 0) is 21.4 Å². The molecule has 2 aromatic carbocycles. The first-order chi connectivity index (χ1) is 13.7. The number of amides is 1. The largest absolute Gasteiger partial charge is 0.326 e. The molecule has 0 saturated carbocycles. The fourth-order valence-corrected chi connectivity index (χ4v) is 3.97. The summed E-state index contributed by atoms with van der Waals surface area (Å²) in [5.41, 5.74) is 2.08. The minimum Gasteiger partial charge on any atom is -0.326 e. The van der Waals surface area contributed by atoms with E-state index in [1.807, 2.05) is 0 Å². The van der Waals surface area contributed by atoms with E-state index in [4.69, 9.17) is 0 Å². The number of rotatable bonds is 6. The zero-order valence-corrected chi connectivity index (χ0v) is 17.5. The van der Waals surface area contributed by atoms with Crippen molar-refractivity contribution in [3.05, 3.63) is 59.9 Å². The van der Waals surface area contributed by atoms with Gasteiger partial charge in [0.1, 0.15) is 5.82 Å². The van der Waals surface area contributed by atoms with Gasteiger partial charge in [0.2, 0.25) is 15.9 Å². The monoisotopic (exact) mass is 419 g/mol. The molecule has 2 aromatic rings. The molecule has 1 heterocycles. The van der Waals surface area contributed by atoms with Gasteiger partial charge in [0.25, 0.3) is 0 Å². The second-order valence-corrected chi connectivity index (χ2v) is 9.48. The lowest BCUT2D eigenvalue weighted by Crippen LogP contribution is -2.40. The van der Waals surface area contributed by atoms with E-state index in [9.17, 15) is 17.6 Å². The van der Waals surface area contributed by atoms with Crippen LogP contribution in [0.15, 0.2) is 48.5 Å². The first-order valence-electron chi connectivity index (χ1n) is 9.54. The molecule has 1 aliphatic heterocycles. The van der Waals surface area contributed by atoms with Crippen molar-refractivity contribution in [3.63, 3.8) is 0 Å². The van der Waals surface area contributed by atoms with E-state index in [1.165, 1.54) is 23.5 Å². The van der Waals surface area contributed by atoms with Crippen molar-refractivity contribution in [2.24, 2.45) is 5.92 Å². The van der Waals surface area contributed by atoms with Crippen LogP contribution in [0.25, 0.3) is 0 Å². The fraction of sp³-hybridized carbons (Fsp3) is 0.381. The second-order valence-electron chi connectivity index (χ2n) is 7.47. The van der Waals surface area contributed by atoms with Crippen LogP contribution in [0, 0.1) is 11.7 Å². The van der Waals surface area contributed by atoms with Crippen molar-refractivity contribution in [2.75, 3.05) is 36.0 Å². The van der Waals surface area contributed by atoms with E-state index in [0.717, 1.165) is 31.2 Å².